The molecule has 0 aromatic heterocycles. The van der Waals surface area contributed by atoms with Crippen molar-refractivity contribution in [2.24, 2.45) is 17.3 Å². The summed E-state index contributed by atoms with van der Waals surface area (Å²) in [5.74, 6) is 0.121. The maximum atomic E-state index is 11.2. The van der Waals surface area contributed by atoms with E-state index in [9.17, 15) is 4.79 Å². The largest absolute Gasteiger partial charge is 0.469 e. The van der Waals surface area contributed by atoms with Crippen LogP contribution in [-0.2, 0) is 9.53 Å². The molecule has 1 aliphatic carbocycles. The van der Waals surface area contributed by atoms with Crippen molar-refractivity contribution in [3.05, 3.63) is 18.4 Å². The molecule has 1 fully saturated rings. The highest BCUT2D eigenvalue weighted by atomic mass is 16.5. The van der Waals surface area contributed by atoms with Crippen molar-refractivity contribution < 1.29 is 9.53 Å². The molecule has 0 unspecified atom stereocenters. The van der Waals surface area contributed by atoms with Gasteiger partial charge in [0.05, 0.1) is 13.0 Å². The second-order valence-corrected chi connectivity index (χ2v) is 3.72. The van der Waals surface area contributed by atoms with Gasteiger partial charge in [-0.25, -0.2) is 0 Å². The Balaban J connectivity index is 2.72. The fourth-order valence-corrected chi connectivity index (χ4v) is 1.69. The molecule has 2 nitrogen and oxygen atoms in total. The molecule has 0 heterocycles. The lowest BCUT2D eigenvalue weighted by atomic mass is 10.1. The molecule has 2 heteroatoms. The van der Waals surface area contributed by atoms with Gasteiger partial charge in [0.2, 0.25) is 0 Å². The molecule has 0 aliphatic heterocycles. The number of carbonyl (C=O) groups excluding carboxylic acids is 1. The van der Waals surface area contributed by atoms with E-state index in [0.29, 0.717) is 0 Å². The summed E-state index contributed by atoms with van der Waals surface area (Å²) in [7, 11) is 1.42. The molecule has 1 aliphatic rings. The molecule has 0 radical (unpaired) electrons. The summed E-state index contributed by atoms with van der Waals surface area (Å²) in [6.45, 7) is 7.59. The Hall–Kier alpha value is -1.01. The number of esters is 1. The third-order valence-electron chi connectivity index (χ3n) is 2.66. The Bertz CT molecular complexity index is 247. The van der Waals surface area contributed by atoms with Gasteiger partial charge in [-0.15, -0.1) is 5.73 Å². The van der Waals surface area contributed by atoms with Crippen LogP contribution in [0.2, 0.25) is 0 Å². The van der Waals surface area contributed by atoms with E-state index in [-0.39, 0.29) is 23.2 Å². The first-order valence-corrected chi connectivity index (χ1v) is 3.99. The molecule has 0 aromatic carbocycles. The highest BCUT2D eigenvalue weighted by Gasteiger charge is 2.61. The van der Waals surface area contributed by atoms with Crippen LogP contribution in [0.15, 0.2) is 18.4 Å². The van der Waals surface area contributed by atoms with E-state index in [1.807, 2.05) is 19.9 Å². The minimum atomic E-state index is -0.128. The molecular formula is C10H14O2. The van der Waals surface area contributed by atoms with Crippen molar-refractivity contribution in [2.75, 3.05) is 7.11 Å². The van der Waals surface area contributed by atoms with Crippen molar-refractivity contribution in [2.45, 2.75) is 13.8 Å². The molecule has 0 aromatic rings. The second kappa shape index (κ2) is 2.80. The van der Waals surface area contributed by atoms with Gasteiger partial charge < -0.3 is 4.74 Å². The first-order chi connectivity index (χ1) is 5.55. The van der Waals surface area contributed by atoms with Crippen LogP contribution >= 0.6 is 0 Å². The second-order valence-electron chi connectivity index (χ2n) is 3.72. The van der Waals surface area contributed by atoms with Gasteiger partial charge in [-0.2, -0.15) is 0 Å². The van der Waals surface area contributed by atoms with E-state index in [4.69, 9.17) is 0 Å². The Morgan fingerprint density at radius 1 is 1.67 bits per heavy atom. The zero-order valence-electron chi connectivity index (χ0n) is 7.76. The van der Waals surface area contributed by atoms with Gasteiger partial charge in [-0.3, -0.25) is 4.79 Å². The van der Waals surface area contributed by atoms with Crippen LogP contribution in [-0.4, -0.2) is 13.1 Å². The highest BCUT2D eigenvalue weighted by Crippen LogP contribution is 2.59. The van der Waals surface area contributed by atoms with Crippen molar-refractivity contribution >= 4 is 5.97 Å². The van der Waals surface area contributed by atoms with Gasteiger partial charge in [0.1, 0.15) is 0 Å². The van der Waals surface area contributed by atoms with Gasteiger partial charge in [0, 0.05) is 5.92 Å². The molecule has 0 bridgehead atoms. The molecule has 1 rings (SSSR count). The summed E-state index contributed by atoms with van der Waals surface area (Å²) in [5, 5.41) is 0. The van der Waals surface area contributed by atoms with Crippen molar-refractivity contribution in [1.82, 2.24) is 0 Å². The lowest BCUT2D eigenvalue weighted by Gasteiger charge is -1.98. The smallest absolute Gasteiger partial charge is 0.309 e. The number of ether oxygens (including phenoxy) is 1. The van der Waals surface area contributed by atoms with E-state index < -0.39 is 0 Å². The quantitative estimate of drug-likeness (QED) is 0.461. The van der Waals surface area contributed by atoms with Gasteiger partial charge in [-0.05, 0) is 11.5 Å². The van der Waals surface area contributed by atoms with Crippen LogP contribution in [0.3, 0.4) is 0 Å². The third kappa shape index (κ3) is 1.19. The lowest BCUT2D eigenvalue weighted by Crippen LogP contribution is -2.07. The zero-order valence-corrected chi connectivity index (χ0v) is 7.76. The average molecular weight is 166 g/mol. The predicted octanol–water partition coefficient (Wildman–Crippen LogP) is 1.77. The minimum Gasteiger partial charge on any atom is -0.469 e. The fourth-order valence-electron chi connectivity index (χ4n) is 1.69. The Labute approximate surface area is 72.9 Å². The number of rotatable bonds is 2. The van der Waals surface area contributed by atoms with Gasteiger partial charge in [-0.1, -0.05) is 20.4 Å². The molecule has 0 amide bonds. The average Bonchev–Trinajstić information content (AvgIpc) is 2.53. The van der Waals surface area contributed by atoms with E-state index in [1.54, 1.807) is 0 Å². The number of methoxy groups -OCH3 is 1. The summed E-state index contributed by atoms with van der Waals surface area (Å²) in [5.41, 5.74) is 2.74. The topological polar surface area (TPSA) is 26.3 Å². The molecule has 0 saturated heterocycles. The molecule has 2 atom stereocenters. The summed E-state index contributed by atoms with van der Waals surface area (Å²) < 4.78 is 4.68. The maximum Gasteiger partial charge on any atom is 0.309 e. The standard InChI is InChI=1S/C10H14O2/c1-5-6-7-8(9(11)12-4)10(7,2)3/h6-8H,1H2,2-4H3/t7-,8-/m0/s1. The fraction of sp³-hybridized carbons (Fsp3) is 0.600. The normalized spacial score (nSPS) is 30.2. The van der Waals surface area contributed by atoms with E-state index in [1.165, 1.54) is 7.11 Å². The Morgan fingerprint density at radius 2 is 2.25 bits per heavy atom. The molecular weight excluding hydrogens is 152 g/mol. The van der Waals surface area contributed by atoms with Gasteiger partial charge in [0.25, 0.3) is 0 Å². The van der Waals surface area contributed by atoms with Gasteiger partial charge in [0.15, 0.2) is 0 Å². The molecule has 1 saturated carbocycles. The van der Waals surface area contributed by atoms with Crippen LogP contribution in [0.5, 0.6) is 0 Å². The van der Waals surface area contributed by atoms with Crippen molar-refractivity contribution in [3.63, 3.8) is 0 Å². The number of carbonyl (C=O) groups is 1. The van der Waals surface area contributed by atoms with E-state index >= 15 is 0 Å². The van der Waals surface area contributed by atoms with Crippen LogP contribution < -0.4 is 0 Å². The maximum absolute atomic E-state index is 11.2. The van der Waals surface area contributed by atoms with Gasteiger partial charge >= 0.3 is 5.97 Å². The first kappa shape index (κ1) is 9.08. The number of hydrogen-bond acceptors (Lipinski definition) is 2. The SMILES string of the molecule is C=C=C[C@H]1[C@@H](C(=O)OC)C1(C)C. The summed E-state index contributed by atoms with van der Waals surface area (Å²) >= 11 is 0. The minimum absolute atomic E-state index is 0.00301. The molecule has 12 heavy (non-hydrogen) atoms. The van der Waals surface area contributed by atoms with Crippen LogP contribution in [0.25, 0.3) is 0 Å². The van der Waals surface area contributed by atoms with Crippen molar-refractivity contribution in [3.8, 4) is 0 Å². The number of allylic oxidation sites excluding steroid dienone is 1. The highest BCUT2D eigenvalue weighted by molar-refractivity contribution is 5.78. The monoisotopic (exact) mass is 166 g/mol. The summed E-state index contributed by atoms with van der Waals surface area (Å²) in [6, 6.07) is 0. The lowest BCUT2D eigenvalue weighted by molar-refractivity contribution is -0.143. The molecule has 66 valence electrons. The van der Waals surface area contributed by atoms with Crippen LogP contribution in [0, 0.1) is 17.3 Å². The Kier molecular flexibility index (Phi) is 2.12. The third-order valence-corrected chi connectivity index (χ3v) is 2.66. The zero-order chi connectivity index (χ0) is 9.35. The van der Waals surface area contributed by atoms with Crippen LogP contribution in [0.1, 0.15) is 13.8 Å². The van der Waals surface area contributed by atoms with Crippen molar-refractivity contribution in [1.29, 1.82) is 0 Å². The number of hydrogen-bond donors (Lipinski definition) is 0. The van der Waals surface area contributed by atoms with E-state index in [0.717, 1.165) is 0 Å². The van der Waals surface area contributed by atoms with E-state index in [2.05, 4.69) is 17.0 Å². The van der Waals surface area contributed by atoms with Crippen LogP contribution in [0.4, 0.5) is 0 Å². The predicted molar refractivity (Wildman–Crippen MR) is 46.5 cm³/mol. The summed E-state index contributed by atoms with van der Waals surface area (Å²) in [6.07, 6.45) is 1.85. The summed E-state index contributed by atoms with van der Waals surface area (Å²) in [4.78, 5) is 11.2. The molecule has 0 spiro atoms. The Morgan fingerprint density at radius 3 is 2.67 bits per heavy atom. The first-order valence-electron chi connectivity index (χ1n) is 3.99. The molecule has 0 N–H and O–H groups in total.